The minimum absolute atomic E-state index is 0.0827. The van der Waals surface area contributed by atoms with Gasteiger partial charge in [0.25, 0.3) is 0 Å². The zero-order valence-corrected chi connectivity index (χ0v) is 9.81. The Morgan fingerprint density at radius 2 is 2.11 bits per heavy atom. The number of furan rings is 1. The van der Waals surface area contributed by atoms with Crippen molar-refractivity contribution in [3.63, 3.8) is 0 Å². The molecule has 18 heavy (non-hydrogen) atoms. The fourth-order valence-electron chi connectivity index (χ4n) is 2.18. The van der Waals surface area contributed by atoms with Crippen LogP contribution >= 0.6 is 0 Å². The number of benzene rings is 1. The fourth-order valence-corrected chi connectivity index (χ4v) is 2.18. The average Bonchev–Trinajstić information content (AvgIpc) is 2.80. The Morgan fingerprint density at radius 1 is 1.33 bits per heavy atom. The summed E-state index contributed by atoms with van der Waals surface area (Å²) in [5.74, 6) is 0.333. The van der Waals surface area contributed by atoms with Crippen LogP contribution in [0.25, 0.3) is 21.9 Å². The van der Waals surface area contributed by atoms with E-state index < -0.39 is 5.63 Å². The van der Waals surface area contributed by atoms with E-state index in [4.69, 9.17) is 13.6 Å². The highest BCUT2D eigenvalue weighted by atomic mass is 16.5. The number of hydrogen-bond acceptors (Lipinski definition) is 5. The molecule has 5 heteroatoms. The van der Waals surface area contributed by atoms with Crippen molar-refractivity contribution in [3.8, 4) is 11.5 Å². The summed E-state index contributed by atoms with van der Waals surface area (Å²) in [7, 11) is 1.52. The Hall–Kier alpha value is -2.43. The summed E-state index contributed by atoms with van der Waals surface area (Å²) in [5.41, 5.74) is 0.479. The molecule has 1 aromatic carbocycles. The van der Waals surface area contributed by atoms with E-state index in [0.29, 0.717) is 22.1 Å². The number of rotatable bonds is 1. The molecule has 3 rings (SSSR count). The molecule has 2 heterocycles. The van der Waals surface area contributed by atoms with Gasteiger partial charge in [-0.05, 0) is 18.6 Å². The standard InChI is InChI=1S/C13H10O5/c1-6-5-8(14)18-13-9(6)11(16-2)7-3-4-17-12(7)10(13)15/h3-5,15H,1-2H3. The van der Waals surface area contributed by atoms with Gasteiger partial charge in [-0.2, -0.15) is 0 Å². The minimum atomic E-state index is -0.525. The maximum absolute atomic E-state index is 11.4. The van der Waals surface area contributed by atoms with Crippen molar-refractivity contribution in [1.82, 2.24) is 0 Å². The minimum Gasteiger partial charge on any atom is -0.502 e. The summed E-state index contributed by atoms with van der Waals surface area (Å²) in [6, 6.07) is 3.05. The van der Waals surface area contributed by atoms with Gasteiger partial charge in [-0.25, -0.2) is 4.79 Å². The van der Waals surface area contributed by atoms with Crippen molar-refractivity contribution in [2.24, 2.45) is 0 Å². The van der Waals surface area contributed by atoms with E-state index in [0.717, 1.165) is 0 Å². The topological polar surface area (TPSA) is 72.8 Å². The van der Waals surface area contributed by atoms with Crippen molar-refractivity contribution < 1.29 is 18.7 Å². The third-order valence-corrected chi connectivity index (χ3v) is 2.93. The number of aromatic hydroxyl groups is 1. The van der Waals surface area contributed by atoms with Crippen molar-refractivity contribution in [2.75, 3.05) is 7.11 Å². The van der Waals surface area contributed by atoms with Gasteiger partial charge in [0, 0.05) is 6.07 Å². The SMILES string of the molecule is COc1c2ccoc2c(O)c2oc(=O)cc(C)c12. The number of fused-ring (bicyclic) bond motifs is 2. The molecule has 0 spiro atoms. The predicted molar refractivity (Wildman–Crippen MR) is 65.2 cm³/mol. The van der Waals surface area contributed by atoms with Gasteiger partial charge in [0.1, 0.15) is 5.75 Å². The molecule has 0 amide bonds. The molecule has 0 aliphatic heterocycles. The third-order valence-electron chi connectivity index (χ3n) is 2.93. The second-order valence-corrected chi connectivity index (χ2v) is 4.00. The first kappa shape index (κ1) is 10.7. The van der Waals surface area contributed by atoms with E-state index in [1.807, 2.05) is 0 Å². The van der Waals surface area contributed by atoms with Gasteiger partial charge < -0.3 is 18.7 Å². The first-order valence-corrected chi connectivity index (χ1v) is 5.34. The quantitative estimate of drug-likeness (QED) is 0.668. The van der Waals surface area contributed by atoms with Crippen LogP contribution in [0.5, 0.6) is 11.5 Å². The fraction of sp³-hybridized carbons (Fsp3) is 0.154. The van der Waals surface area contributed by atoms with Crippen molar-refractivity contribution in [1.29, 1.82) is 0 Å². The highest BCUT2D eigenvalue weighted by Crippen LogP contribution is 2.42. The van der Waals surface area contributed by atoms with Gasteiger partial charge in [0.15, 0.2) is 11.2 Å². The van der Waals surface area contributed by atoms with Crippen LogP contribution in [-0.4, -0.2) is 12.2 Å². The van der Waals surface area contributed by atoms with E-state index in [2.05, 4.69) is 0 Å². The lowest BCUT2D eigenvalue weighted by atomic mass is 10.1. The molecule has 3 aromatic rings. The van der Waals surface area contributed by atoms with E-state index in [1.54, 1.807) is 13.0 Å². The van der Waals surface area contributed by atoms with Crippen LogP contribution in [0, 0.1) is 6.92 Å². The summed E-state index contributed by atoms with van der Waals surface area (Å²) in [4.78, 5) is 11.4. The molecule has 2 aromatic heterocycles. The normalized spacial score (nSPS) is 11.2. The summed E-state index contributed by atoms with van der Waals surface area (Å²) in [6.07, 6.45) is 1.44. The van der Waals surface area contributed by atoms with Crippen LogP contribution in [-0.2, 0) is 0 Å². The Morgan fingerprint density at radius 3 is 2.83 bits per heavy atom. The van der Waals surface area contributed by atoms with Gasteiger partial charge >= 0.3 is 5.63 Å². The molecule has 0 aliphatic rings. The first-order chi connectivity index (χ1) is 8.63. The molecule has 0 saturated heterocycles. The number of phenols is 1. The Balaban J connectivity index is 2.70. The Labute approximate surface area is 101 Å². The molecule has 0 bridgehead atoms. The van der Waals surface area contributed by atoms with Crippen LogP contribution in [0.4, 0.5) is 0 Å². The average molecular weight is 246 g/mol. The molecular formula is C13H10O5. The van der Waals surface area contributed by atoms with E-state index in [1.165, 1.54) is 19.4 Å². The van der Waals surface area contributed by atoms with E-state index in [9.17, 15) is 9.90 Å². The predicted octanol–water partition coefficient (Wildman–Crippen LogP) is 2.56. The first-order valence-electron chi connectivity index (χ1n) is 5.34. The van der Waals surface area contributed by atoms with Crippen LogP contribution in [0.1, 0.15) is 5.56 Å². The lowest BCUT2D eigenvalue weighted by Crippen LogP contribution is -1.99. The maximum atomic E-state index is 11.4. The van der Waals surface area contributed by atoms with Gasteiger partial charge in [-0.3, -0.25) is 0 Å². The zero-order chi connectivity index (χ0) is 12.9. The monoisotopic (exact) mass is 246 g/mol. The molecule has 1 N–H and O–H groups in total. The second kappa shape index (κ2) is 3.53. The molecule has 0 radical (unpaired) electrons. The van der Waals surface area contributed by atoms with Gasteiger partial charge in [-0.15, -0.1) is 0 Å². The van der Waals surface area contributed by atoms with Crippen LogP contribution in [0.15, 0.2) is 32.0 Å². The lowest BCUT2D eigenvalue weighted by molar-refractivity contribution is 0.418. The maximum Gasteiger partial charge on any atom is 0.336 e. The number of hydrogen-bond donors (Lipinski definition) is 1. The van der Waals surface area contributed by atoms with E-state index in [-0.39, 0.29) is 16.9 Å². The Bertz CT molecular complexity index is 809. The molecule has 0 atom stereocenters. The number of ether oxygens (including phenoxy) is 1. The molecule has 0 unspecified atom stereocenters. The number of phenolic OH excluding ortho intramolecular Hbond substituents is 1. The lowest BCUT2D eigenvalue weighted by Gasteiger charge is -2.09. The summed E-state index contributed by atoms with van der Waals surface area (Å²) in [5, 5.41) is 11.3. The second-order valence-electron chi connectivity index (χ2n) is 4.00. The summed E-state index contributed by atoms with van der Waals surface area (Å²) >= 11 is 0. The molecule has 0 aliphatic carbocycles. The van der Waals surface area contributed by atoms with Gasteiger partial charge in [0.2, 0.25) is 5.75 Å². The van der Waals surface area contributed by atoms with Crippen molar-refractivity contribution in [3.05, 3.63) is 34.4 Å². The smallest absolute Gasteiger partial charge is 0.336 e. The molecule has 92 valence electrons. The molecule has 5 nitrogen and oxygen atoms in total. The van der Waals surface area contributed by atoms with Crippen LogP contribution in [0.2, 0.25) is 0 Å². The molecular weight excluding hydrogens is 236 g/mol. The van der Waals surface area contributed by atoms with E-state index >= 15 is 0 Å². The van der Waals surface area contributed by atoms with Gasteiger partial charge in [-0.1, -0.05) is 0 Å². The van der Waals surface area contributed by atoms with Gasteiger partial charge in [0.05, 0.1) is 24.1 Å². The third kappa shape index (κ3) is 1.24. The summed E-state index contributed by atoms with van der Waals surface area (Å²) in [6.45, 7) is 1.76. The largest absolute Gasteiger partial charge is 0.502 e. The highest BCUT2D eigenvalue weighted by molar-refractivity contribution is 6.07. The van der Waals surface area contributed by atoms with Crippen molar-refractivity contribution in [2.45, 2.75) is 6.92 Å². The molecule has 0 fully saturated rings. The Kier molecular flexibility index (Phi) is 2.10. The van der Waals surface area contributed by atoms with Crippen LogP contribution < -0.4 is 10.4 Å². The zero-order valence-electron chi connectivity index (χ0n) is 9.81. The highest BCUT2D eigenvalue weighted by Gasteiger charge is 2.20. The van der Waals surface area contributed by atoms with Crippen LogP contribution in [0.3, 0.4) is 0 Å². The number of aryl methyl sites for hydroxylation is 1. The number of methoxy groups -OCH3 is 1. The molecule has 0 saturated carbocycles. The van der Waals surface area contributed by atoms with Crippen molar-refractivity contribution >= 4 is 21.9 Å². The summed E-state index contributed by atoms with van der Waals surface area (Å²) < 4.78 is 15.6.